The summed E-state index contributed by atoms with van der Waals surface area (Å²) in [6.45, 7) is 11.0. The van der Waals surface area contributed by atoms with Gasteiger partial charge in [-0.05, 0) is 18.9 Å². The minimum Gasteiger partial charge on any atom is -0.379 e. The van der Waals surface area contributed by atoms with E-state index in [2.05, 4.69) is 10.2 Å². The van der Waals surface area contributed by atoms with Crippen LogP contribution in [-0.4, -0.2) is 67.6 Å². The fourth-order valence-corrected chi connectivity index (χ4v) is 3.38. The molecule has 1 saturated heterocycles. The molecule has 152 valence electrons. The molecule has 1 heterocycles. The van der Waals surface area contributed by atoms with Crippen LogP contribution in [0, 0.1) is 0 Å². The molecule has 1 fully saturated rings. The van der Waals surface area contributed by atoms with E-state index in [4.69, 9.17) is 4.74 Å². The van der Waals surface area contributed by atoms with Gasteiger partial charge < -0.3 is 15.0 Å². The third kappa shape index (κ3) is 6.04. The zero-order chi connectivity index (χ0) is 20.2. The molecule has 0 spiro atoms. The number of nitrogens with one attached hydrogen (secondary N) is 1. The Kier molecular flexibility index (Phi) is 10.7. The van der Waals surface area contributed by atoms with E-state index >= 15 is 0 Å². The number of benzene rings is 1. The number of carbonyl (C=O) groups excluding carboxylic acids is 2. The second-order valence-corrected chi connectivity index (χ2v) is 6.12. The lowest BCUT2D eigenvalue weighted by molar-refractivity contribution is -0.146. The molecule has 2 rings (SSSR count). The van der Waals surface area contributed by atoms with Crippen LogP contribution >= 0.6 is 0 Å². The zero-order valence-corrected chi connectivity index (χ0v) is 17.4. The lowest BCUT2D eigenvalue weighted by atomic mass is 10.0. The fourth-order valence-electron chi connectivity index (χ4n) is 3.38. The number of rotatable bonds is 7. The Morgan fingerprint density at radius 2 is 1.74 bits per heavy atom. The molecule has 6 nitrogen and oxygen atoms in total. The Bertz CT molecular complexity index is 559. The van der Waals surface area contributed by atoms with Crippen molar-refractivity contribution in [1.82, 2.24) is 15.1 Å². The highest BCUT2D eigenvalue weighted by molar-refractivity contribution is 5.90. The standard InChI is InChI=1S/C19H29N3O3.C2H6/c1-4-16(18(23)20-3)22(5-2)19(24)17(15-9-7-6-8-10-15)21-11-13-25-14-12-21;1-2/h6-10,16-17H,4-5,11-14H2,1-3H3,(H,20,23);1-2H3. The van der Waals surface area contributed by atoms with Gasteiger partial charge in [0.05, 0.1) is 13.2 Å². The minimum atomic E-state index is -0.449. The summed E-state index contributed by atoms with van der Waals surface area (Å²) < 4.78 is 5.45. The van der Waals surface area contributed by atoms with Gasteiger partial charge in [-0.25, -0.2) is 0 Å². The highest BCUT2D eigenvalue weighted by Gasteiger charge is 2.36. The summed E-state index contributed by atoms with van der Waals surface area (Å²) in [6.07, 6.45) is 0.587. The number of amides is 2. The molecule has 2 amide bonds. The number of morpholine rings is 1. The Morgan fingerprint density at radius 1 is 1.15 bits per heavy atom. The Hall–Kier alpha value is -1.92. The molecule has 1 aromatic carbocycles. The second kappa shape index (κ2) is 12.5. The maximum Gasteiger partial charge on any atom is 0.245 e. The molecule has 0 saturated carbocycles. The predicted molar refractivity (Wildman–Crippen MR) is 108 cm³/mol. The van der Waals surface area contributed by atoms with Gasteiger partial charge in [0.15, 0.2) is 0 Å². The summed E-state index contributed by atoms with van der Waals surface area (Å²) in [5.41, 5.74) is 0.958. The van der Waals surface area contributed by atoms with E-state index in [1.807, 2.05) is 58.0 Å². The first-order valence-electron chi connectivity index (χ1n) is 10.0. The molecule has 27 heavy (non-hydrogen) atoms. The van der Waals surface area contributed by atoms with Crippen LogP contribution in [0.15, 0.2) is 30.3 Å². The monoisotopic (exact) mass is 377 g/mol. The normalized spacial score (nSPS) is 16.5. The van der Waals surface area contributed by atoms with Crippen molar-refractivity contribution in [3.63, 3.8) is 0 Å². The molecule has 0 aliphatic carbocycles. The summed E-state index contributed by atoms with van der Waals surface area (Å²) in [5.74, 6) is -0.141. The van der Waals surface area contributed by atoms with E-state index in [1.165, 1.54) is 0 Å². The number of nitrogens with zero attached hydrogens (tertiary/aromatic N) is 2. The fraction of sp³-hybridized carbons (Fsp3) is 0.619. The number of likely N-dealkylation sites (N-methyl/N-ethyl adjacent to an activating group) is 2. The Labute approximate surface area is 163 Å². The van der Waals surface area contributed by atoms with Gasteiger partial charge in [0.1, 0.15) is 12.1 Å². The zero-order valence-electron chi connectivity index (χ0n) is 17.4. The molecule has 2 atom stereocenters. The van der Waals surface area contributed by atoms with Crippen molar-refractivity contribution in [3.05, 3.63) is 35.9 Å². The van der Waals surface area contributed by atoms with Gasteiger partial charge in [0.25, 0.3) is 0 Å². The molecule has 0 aromatic heterocycles. The van der Waals surface area contributed by atoms with Gasteiger partial charge in [-0.1, -0.05) is 51.1 Å². The molecule has 1 aliphatic heterocycles. The molecule has 1 aliphatic rings. The molecule has 0 bridgehead atoms. The van der Waals surface area contributed by atoms with Crippen LogP contribution in [0.2, 0.25) is 0 Å². The maximum absolute atomic E-state index is 13.5. The summed E-state index contributed by atoms with van der Waals surface area (Å²) >= 11 is 0. The number of hydrogen-bond acceptors (Lipinski definition) is 4. The lowest BCUT2D eigenvalue weighted by Gasteiger charge is -2.38. The van der Waals surface area contributed by atoms with Gasteiger partial charge in [0.2, 0.25) is 11.8 Å². The smallest absolute Gasteiger partial charge is 0.245 e. The van der Waals surface area contributed by atoms with Crippen LogP contribution in [-0.2, 0) is 14.3 Å². The van der Waals surface area contributed by atoms with E-state index < -0.39 is 6.04 Å². The first-order valence-corrected chi connectivity index (χ1v) is 10.0. The Morgan fingerprint density at radius 3 is 2.22 bits per heavy atom. The van der Waals surface area contributed by atoms with E-state index in [0.717, 1.165) is 5.56 Å². The van der Waals surface area contributed by atoms with Crippen LogP contribution in [0.1, 0.15) is 45.7 Å². The quantitative estimate of drug-likeness (QED) is 0.793. The number of carbonyl (C=O) groups is 2. The minimum absolute atomic E-state index is 0.0222. The highest BCUT2D eigenvalue weighted by Crippen LogP contribution is 2.25. The summed E-state index contributed by atoms with van der Waals surface area (Å²) in [5, 5.41) is 2.68. The van der Waals surface area contributed by atoms with Crippen LogP contribution in [0.3, 0.4) is 0 Å². The summed E-state index contributed by atoms with van der Waals surface area (Å²) in [6, 6.07) is 8.96. The van der Waals surface area contributed by atoms with Crippen molar-refractivity contribution >= 4 is 11.8 Å². The summed E-state index contributed by atoms with van der Waals surface area (Å²) in [4.78, 5) is 29.6. The number of hydrogen-bond donors (Lipinski definition) is 1. The molecular formula is C21H35N3O3. The van der Waals surface area contributed by atoms with E-state index in [0.29, 0.717) is 39.3 Å². The average Bonchev–Trinajstić information content (AvgIpc) is 2.74. The van der Waals surface area contributed by atoms with Crippen molar-refractivity contribution in [2.24, 2.45) is 0 Å². The highest BCUT2D eigenvalue weighted by atomic mass is 16.5. The van der Waals surface area contributed by atoms with Crippen LogP contribution in [0.5, 0.6) is 0 Å². The molecule has 0 radical (unpaired) electrons. The van der Waals surface area contributed by atoms with Crippen molar-refractivity contribution < 1.29 is 14.3 Å². The third-order valence-electron chi connectivity index (χ3n) is 4.70. The van der Waals surface area contributed by atoms with Crippen LogP contribution < -0.4 is 5.32 Å². The van der Waals surface area contributed by atoms with Gasteiger partial charge in [-0.15, -0.1) is 0 Å². The van der Waals surface area contributed by atoms with E-state index in [1.54, 1.807) is 11.9 Å². The van der Waals surface area contributed by atoms with Gasteiger partial charge >= 0.3 is 0 Å². The maximum atomic E-state index is 13.5. The van der Waals surface area contributed by atoms with Gasteiger partial charge in [0, 0.05) is 26.7 Å². The van der Waals surface area contributed by atoms with Crippen molar-refractivity contribution in [1.29, 1.82) is 0 Å². The van der Waals surface area contributed by atoms with Gasteiger partial charge in [-0.3, -0.25) is 14.5 Å². The molecule has 6 heteroatoms. The first kappa shape index (κ1) is 23.1. The first-order chi connectivity index (χ1) is 13.1. The topological polar surface area (TPSA) is 61.9 Å². The summed E-state index contributed by atoms with van der Waals surface area (Å²) in [7, 11) is 1.61. The van der Waals surface area contributed by atoms with Crippen molar-refractivity contribution in [2.75, 3.05) is 39.9 Å². The SMILES string of the molecule is CC.CCC(C(=O)NC)N(CC)C(=O)C(c1ccccc1)N1CCOCC1. The van der Waals surface area contributed by atoms with Crippen LogP contribution in [0.25, 0.3) is 0 Å². The molecule has 1 N–H and O–H groups in total. The van der Waals surface area contributed by atoms with Crippen molar-refractivity contribution in [3.8, 4) is 0 Å². The third-order valence-corrected chi connectivity index (χ3v) is 4.70. The average molecular weight is 378 g/mol. The molecule has 2 unspecified atom stereocenters. The van der Waals surface area contributed by atoms with Crippen LogP contribution in [0.4, 0.5) is 0 Å². The number of ether oxygens (including phenoxy) is 1. The van der Waals surface area contributed by atoms with Gasteiger partial charge in [-0.2, -0.15) is 0 Å². The molecular weight excluding hydrogens is 342 g/mol. The lowest BCUT2D eigenvalue weighted by Crippen LogP contribution is -2.53. The second-order valence-electron chi connectivity index (χ2n) is 6.12. The van der Waals surface area contributed by atoms with E-state index in [9.17, 15) is 9.59 Å². The largest absolute Gasteiger partial charge is 0.379 e. The predicted octanol–water partition coefficient (Wildman–Crippen LogP) is 2.46. The van der Waals surface area contributed by atoms with Crippen molar-refractivity contribution in [2.45, 2.75) is 46.2 Å². The van der Waals surface area contributed by atoms with E-state index in [-0.39, 0.29) is 17.9 Å². The Balaban J connectivity index is 0.00000176. The molecule has 1 aromatic rings.